The number of carbonyl (C=O) groups is 1. The molecule has 0 saturated carbocycles. The van der Waals surface area contributed by atoms with E-state index < -0.39 is 12.3 Å². The third-order valence-corrected chi connectivity index (χ3v) is 3.78. The smallest absolute Gasteiger partial charge is 0.409 e. The summed E-state index contributed by atoms with van der Waals surface area (Å²) in [5, 5.41) is 9.51. The molecule has 1 aromatic carbocycles. The number of likely N-dealkylation sites (N-methyl/N-ethyl adjacent to an activating group) is 1. The molecule has 0 bridgehead atoms. The van der Waals surface area contributed by atoms with Crippen LogP contribution in [0.1, 0.15) is 5.56 Å². The van der Waals surface area contributed by atoms with Crippen LogP contribution in [0.5, 0.6) is 5.75 Å². The zero-order valence-electron chi connectivity index (χ0n) is 11.3. The summed E-state index contributed by atoms with van der Waals surface area (Å²) in [4.78, 5) is 16.2. The molecule has 1 aliphatic rings. The van der Waals surface area contributed by atoms with E-state index in [2.05, 4.69) is 4.98 Å². The van der Waals surface area contributed by atoms with Crippen LogP contribution in [0, 0.1) is 0 Å². The van der Waals surface area contributed by atoms with Gasteiger partial charge in [-0.05, 0) is 23.8 Å². The highest BCUT2D eigenvalue weighted by Crippen LogP contribution is 2.39. The Balaban J connectivity index is 1.95. The zero-order chi connectivity index (χ0) is 15.0. The lowest BCUT2D eigenvalue weighted by Crippen LogP contribution is -2.38. The van der Waals surface area contributed by atoms with Gasteiger partial charge in [-0.3, -0.25) is 9.88 Å². The van der Waals surface area contributed by atoms with Crippen LogP contribution in [0.25, 0.3) is 11.1 Å². The maximum atomic E-state index is 11.0. The van der Waals surface area contributed by atoms with Crippen LogP contribution in [0.15, 0.2) is 36.7 Å². The number of halogens is 1. The van der Waals surface area contributed by atoms with Gasteiger partial charge in [0.2, 0.25) is 0 Å². The molecule has 1 atom stereocenters. The number of benzene rings is 1. The van der Waals surface area contributed by atoms with E-state index in [0.717, 1.165) is 21.6 Å². The monoisotopic (exact) mass is 304 g/mol. The first-order valence-corrected chi connectivity index (χ1v) is 6.79. The molecule has 1 N–H and O–H groups in total. The average Bonchev–Trinajstić information content (AvgIpc) is 2.91. The molecule has 0 fully saturated rings. The number of hydrogen-bond acceptors (Lipinski definition) is 3. The van der Waals surface area contributed by atoms with Gasteiger partial charge in [-0.1, -0.05) is 17.7 Å². The first-order valence-electron chi connectivity index (χ1n) is 6.41. The summed E-state index contributed by atoms with van der Waals surface area (Å²) in [5.41, 5.74) is 2.80. The summed E-state index contributed by atoms with van der Waals surface area (Å²) in [6.45, 7) is 0. The van der Waals surface area contributed by atoms with Crippen molar-refractivity contribution in [2.75, 3.05) is 7.05 Å². The summed E-state index contributed by atoms with van der Waals surface area (Å²) in [6, 6.07) is 7.57. The van der Waals surface area contributed by atoms with Gasteiger partial charge in [0, 0.05) is 37.0 Å². The molecule has 6 heteroatoms. The van der Waals surface area contributed by atoms with Crippen LogP contribution < -0.4 is 4.74 Å². The lowest BCUT2D eigenvalue weighted by atomic mass is 10.0. The highest BCUT2D eigenvalue weighted by molar-refractivity contribution is 6.32. The van der Waals surface area contributed by atoms with Crippen LogP contribution in [-0.4, -0.2) is 34.4 Å². The van der Waals surface area contributed by atoms with Crippen LogP contribution in [-0.2, 0) is 6.42 Å². The second-order valence-electron chi connectivity index (χ2n) is 4.86. The molecule has 0 spiro atoms. The van der Waals surface area contributed by atoms with Gasteiger partial charge in [0.15, 0.2) is 6.23 Å². The van der Waals surface area contributed by atoms with Gasteiger partial charge in [-0.25, -0.2) is 4.79 Å². The Morgan fingerprint density at radius 3 is 2.95 bits per heavy atom. The van der Waals surface area contributed by atoms with Crippen molar-refractivity contribution in [3.05, 3.63) is 47.2 Å². The summed E-state index contributed by atoms with van der Waals surface area (Å²) in [7, 11) is 1.48. The van der Waals surface area contributed by atoms with Crippen molar-refractivity contribution in [3.8, 4) is 16.9 Å². The van der Waals surface area contributed by atoms with Crippen molar-refractivity contribution >= 4 is 17.7 Å². The Hall–Kier alpha value is -2.27. The molecule has 0 aliphatic carbocycles. The molecular weight excluding hydrogens is 292 g/mol. The van der Waals surface area contributed by atoms with Gasteiger partial charge < -0.3 is 9.84 Å². The summed E-state index contributed by atoms with van der Waals surface area (Å²) in [6.07, 6.45) is 2.37. The van der Waals surface area contributed by atoms with Crippen molar-refractivity contribution < 1.29 is 14.6 Å². The molecule has 1 aliphatic heterocycles. The fraction of sp³-hybridized carbons (Fsp3) is 0.200. The van der Waals surface area contributed by atoms with Gasteiger partial charge in [-0.15, -0.1) is 0 Å². The number of aromatic nitrogens is 1. The van der Waals surface area contributed by atoms with Crippen molar-refractivity contribution in [2.45, 2.75) is 12.6 Å². The quantitative estimate of drug-likeness (QED) is 0.925. The number of carboxylic acid groups (broad SMARTS) is 1. The third kappa shape index (κ3) is 2.52. The van der Waals surface area contributed by atoms with E-state index >= 15 is 0 Å². The van der Waals surface area contributed by atoms with Crippen LogP contribution in [0.4, 0.5) is 4.79 Å². The Bertz CT molecular complexity index is 691. The third-order valence-electron chi connectivity index (χ3n) is 3.50. The number of pyridine rings is 1. The number of hydrogen-bond donors (Lipinski definition) is 1. The number of rotatable bonds is 2. The fourth-order valence-corrected chi connectivity index (χ4v) is 2.62. The van der Waals surface area contributed by atoms with E-state index in [-0.39, 0.29) is 0 Å². The molecule has 21 heavy (non-hydrogen) atoms. The normalized spacial score (nSPS) is 16.2. The number of amides is 1. The molecule has 5 nitrogen and oxygen atoms in total. The number of fused-ring (bicyclic) bond motifs is 1. The van der Waals surface area contributed by atoms with Crippen LogP contribution in [0.3, 0.4) is 0 Å². The SMILES string of the molecule is CN(C(=O)O)C1Cc2cc(-c3cccnc3)cc(Cl)c2O1. The maximum absolute atomic E-state index is 11.0. The average molecular weight is 305 g/mol. The van der Waals surface area contributed by atoms with E-state index in [4.69, 9.17) is 21.4 Å². The summed E-state index contributed by atoms with van der Waals surface area (Å²) in [5.74, 6) is 0.558. The molecule has 0 saturated heterocycles. The number of ether oxygens (including phenoxy) is 1. The van der Waals surface area contributed by atoms with Gasteiger partial charge in [-0.2, -0.15) is 0 Å². The van der Waals surface area contributed by atoms with Gasteiger partial charge >= 0.3 is 6.09 Å². The van der Waals surface area contributed by atoms with Gasteiger partial charge in [0.05, 0.1) is 5.02 Å². The maximum Gasteiger partial charge on any atom is 0.409 e. The topological polar surface area (TPSA) is 62.7 Å². The first-order chi connectivity index (χ1) is 10.1. The van der Waals surface area contributed by atoms with E-state index in [1.54, 1.807) is 18.5 Å². The Labute approximate surface area is 126 Å². The standard InChI is InChI=1S/C15H13ClN2O3/c1-18(15(19)20)13-7-11-5-10(6-12(16)14(11)21-13)9-3-2-4-17-8-9/h2-6,8,13H,7H2,1H3,(H,19,20). The predicted molar refractivity (Wildman–Crippen MR) is 78.6 cm³/mol. The summed E-state index contributed by atoms with van der Waals surface area (Å²) >= 11 is 6.26. The van der Waals surface area contributed by atoms with E-state index in [0.29, 0.717) is 17.2 Å². The Morgan fingerprint density at radius 2 is 2.29 bits per heavy atom. The summed E-state index contributed by atoms with van der Waals surface area (Å²) < 4.78 is 5.65. The molecule has 2 aromatic rings. The minimum atomic E-state index is -1.03. The highest BCUT2D eigenvalue weighted by Gasteiger charge is 2.31. The minimum absolute atomic E-state index is 0.478. The predicted octanol–water partition coefficient (Wildman–Crippen LogP) is 3.27. The zero-order valence-corrected chi connectivity index (χ0v) is 12.0. The van der Waals surface area contributed by atoms with Gasteiger partial charge in [0.1, 0.15) is 5.75 Å². The largest absolute Gasteiger partial charge is 0.468 e. The molecule has 1 amide bonds. The highest BCUT2D eigenvalue weighted by atomic mass is 35.5. The van der Waals surface area contributed by atoms with E-state index in [1.165, 1.54) is 7.05 Å². The lowest BCUT2D eigenvalue weighted by molar-refractivity contribution is 0.0608. The molecule has 1 unspecified atom stereocenters. The molecule has 0 radical (unpaired) electrons. The minimum Gasteiger partial charge on any atom is -0.468 e. The van der Waals surface area contributed by atoms with Crippen molar-refractivity contribution in [2.24, 2.45) is 0 Å². The van der Waals surface area contributed by atoms with Crippen LogP contribution >= 0.6 is 11.6 Å². The molecule has 3 rings (SSSR count). The van der Waals surface area contributed by atoms with Crippen molar-refractivity contribution in [1.82, 2.24) is 9.88 Å². The van der Waals surface area contributed by atoms with E-state index in [9.17, 15) is 4.79 Å². The Morgan fingerprint density at radius 1 is 1.48 bits per heavy atom. The van der Waals surface area contributed by atoms with Crippen molar-refractivity contribution in [1.29, 1.82) is 0 Å². The first kappa shape index (κ1) is 13.7. The molecule has 2 heterocycles. The fourth-order valence-electron chi connectivity index (χ4n) is 2.34. The molecule has 1 aromatic heterocycles. The second-order valence-corrected chi connectivity index (χ2v) is 5.27. The molecule has 108 valence electrons. The number of nitrogens with zero attached hydrogens (tertiary/aromatic N) is 2. The lowest BCUT2D eigenvalue weighted by Gasteiger charge is -2.20. The molecular formula is C15H13ClN2O3. The Kier molecular flexibility index (Phi) is 3.43. The second kappa shape index (κ2) is 5.26. The van der Waals surface area contributed by atoms with E-state index in [1.807, 2.05) is 18.2 Å². The van der Waals surface area contributed by atoms with Gasteiger partial charge in [0.25, 0.3) is 0 Å². The van der Waals surface area contributed by atoms with Crippen LogP contribution in [0.2, 0.25) is 5.02 Å². The van der Waals surface area contributed by atoms with Crippen molar-refractivity contribution in [3.63, 3.8) is 0 Å².